The van der Waals surface area contributed by atoms with Gasteiger partial charge in [-0.1, -0.05) is 176 Å². The fraction of sp³-hybridized carbons (Fsp3) is 0.346. The molecule has 2 aliphatic carbocycles. The van der Waals surface area contributed by atoms with Gasteiger partial charge in [0, 0.05) is 45.5 Å². The Morgan fingerprint density at radius 1 is 0.457 bits per heavy atom. The van der Waals surface area contributed by atoms with Gasteiger partial charge in [-0.2, -0.15) is 21.6 Å². The topological polar surface area (TPSA) is 117 Å². The lowest BCUT2D eigenvalue weighted by atomic mass is 9.82. The predicted molar refractivity (Wildman–Crippen MR) is 366 cm³/mol. The molecule has 0 saturated carbocycles. The van der Waals surface area contributed by atoms with Crippen molar-refractivity contribution in [1.82, 2.24) is 33.7 Å². The van der Waals surface area contributed by atoms with Gasteiger partial charge in [0.2, 0.25) is 0 Å². The average molecular weight is 1250 g/mol. The Bertz CT molecular complexity index is 4940. The molecule has 0 fully saturated rings. The Kier molecular flexibility index (Phi) is 13.8. The lowest BCUT2D eigenvalue weighted by Gasteiger charge is -2.22. The number of nitrogens with zero attached hydrogens (tertiary/aromatic N) is 7. The van der Waals surface area contributed by atoms with Crippen LogP contribution in [0.1, 0.15) is 166 Å². The Hall–Kier alpha value is -8.49. The van der Waals surface area contributed by atoms with E-state index in [9.17, 15) is 21.6 Å². The zero-order valence-corrected chi connectivity index (χ0v) is 55.8. The third kappa shape index (κ3) is 10.5. The van der Waals surface area contributed by atoms with Gasteiger partial charge < -0.3 is 4.18 Å². The van der Waals surface area contributed by atoms with Gasteiger partial charge in [0.15, 0.2) is 0 Å². The number of aromatic nitrogens is 7. The highest BCUT2D eigenvalue weighted by molar-refractivity contribution is 7.88. The van der Waals surface area contributed by atoms with Crippen LogP contribution in [-0.2, 0) is 68.3 Å². The second-order valence-electron chi connectivity index (χ2n) is 30.8. The number of halogens is 3. The lowest BCUT2D eigenvalue weighted by Crippen LogP contribution is -2.28. The second kappa shape index (κ2) is 20.8. The van der Waals surface area contributed by atoms with Gasteiger partial charge in [0.1, 0.15) is 28.7 Å². The summed E-state index contributed by atoms with van der Waals surface area (Å²) in [5.41, 5.74) is 17.1. The zero-order chi connectivity index (χ0) is 65.2. The van der Waals surface area contributed by atoms with Crippen molar-refractivity contribution >= 4 is 65.3 Å². The van der Waals surface area contributed by atoms with Crippen LogP contribution in [0.5, 0.6) is 5.75 Å². The van der Waals surface area contributed by atoms with Crippen LogP contribution in [0.25, 0.3) is 88.7 Å². The molecular weight excluding hydrogens is 1170 g/mol. The molecule has 7 aromatic carbocycles. The van der Waals surface area contributed by atoms with Crippen LogP contribution in [0, 0.1) is 0 Å². The largest absolute Gasteiger partial charge is 0.534 e. The molecule has 14 rings (SSSR count). The van der Waals surface area contributed by atoms with E-state index in [4.69, 9.17) is 19.9 Å². The number of hydrogen-bond donors (Lipinski definition) is 0. The van der Waals surface area contributed by atoms with Gasteiger partial charge in [-0.05, 0) is 175 Å². The first-order valence-corrected chi connectivity index (χ1v) is 33.4. The molecule has 0 N–H and O–H groups in total. The van der Waals surface area contributed by atoms with Crippen molar-refractivity contribution in [3.05, 3.63) is 202 Å². The van der Waals surface area contributed by atoms with Crippen LogP contribution in [-0.4, -0.2) is 47.6 Å². The molecule has 0 amide bonds. The highest BCUT2D eigenvalue weighted by Crippen LogP contribution is 2.52. The number of hydrogen-bond acceptors (Lipinski definition) is 8. The minimum atomic E-state index is -5.87. The SMILES string of the molecule is CC(C)(C)c1nc2cc(CCc3cc(CCc4ccc5c(c4)nc(C(C)(C)C)n4c6cc7c(cc6nc54)C(C)(C)CC7(C)C)cc(-c4ccccc4-c4ccc(-c5cc(OS(=O)(=O)C(F)(F)F)ccn5)cc4)c3)ccc2c2nc3cc4c(cc3n12)C(C)(C)CC4(C)C. The van der Waals surface area contributed by atoms with Crippen molar-refractivity contribution < 1.29 is 25.8 Å². The average Bonchev–Trinajstić information content (AvgIpc) is 1.55. The molecule has 5 heterocycles. The van der Waals surface area contributed by atoms with Crippen molar-refractivity contribution in [1.29, 1.82) is 0 Å². The molecule has 10 nitrogen and oxygen atoms in total. The van der Waals surface area contributed by atoms with Crippen LogP contribution in [0.4, 0.5) is 13.2 Å². The van der Waals surface area contributed by atoms with Gasteiger partial charge in [0.05, 0.1) is 38.8 Å². The Morgan fingerprint density at radius 2 is 0.880 bits per heavy atom. The third-order valence-corrected chi connectivity index (χ3v) is 20.5. The van der Waals surface area contributed by atoms with Gasteiger partial charge in [-0.15, -0.1) is 0 Å². The number of alkyl halides is 3. The smallest absolute Gasteiger partial charge is 0.376 e. The molecule has 14 heteroatoms. The number of aryl methyl sites for hydroxylation is 4. The number of fused-ring (bicyclic) bond motifs is 12. The monoisotopic (exact) mass is 1250 g/mol. The van der Waals surface area contributed by atoms with E-state index in [1.54, 1.807) is 0 Å². The number of pyridine rings is 1. The first kappa shape index (κ1) is 61.0. The predicted octanol–water partition coefficient (Wildman–Crippen LogP) is 19.1. The summed E-state index contributed by atoms with van der Waals surface area (Å²) in [7, 11) is -5.87. The summed E-state index contributed by atoms with van der Waals surface area (Å²) in [5.74, 6) is 1.47. The Morgan fingerprint density at radius 3 is 1.33 bits per heavy atom. The highest BCUT2D eigenvalue weighted by atomic mass is 32.2. The van der Waals surface area contributed by atoms with E-state index in [0.717, 1.165) is 134 Å². The molecule has 0 radical (unpaired) electrons. The molecule has 0 bridgehead atoms. The first-order valence-electron chi connectivity index (χ1n) is 32.0. The van der Waals surface area contributed by atoms with Crippen LogP contribution in [0.15, 0.2) is 146 Å². The molecule has 0 atom stereocenters. The van der Waals surface area contributed by atoms with E-state index in [1.165, 1.54) is 56.8 Å². The first-order chi connectivity index (χ1) is 43.1. The number of imidazole rings is 2. The van der Waals surface area contributed by atoms with Crippen molar-refractivity contribution in [3.63, 3.8) is 0 Å². The van der Waals surface area contributed by atoms with Crippen molar-refractivity contribution in [2.75, 3.05) is 0 Å². The maximum atomic E-state index is 13.2. The number of rotatable bonds is 11. The van der Waals surface area contributed by atoms with Gasteiger partial charge in [-0.25, -0.2) is 19.9 Å². The molecule has 12 aromatic rings. The molecular formula is C78H78F3N7O3S. The highest BCUT2D eigenvalue weighted by Gasteiger charge is 2.49. The molecule has 0 aliphatic heterocycles. The zero-order valence-electron chi connectivity index (χ0n) is 55.0. The standard InChI is InChI=1S/C78H78F3N7O3S/c1-72(2,3)70-85-62-36-45(23-29-55(62)68-83-64-39-57-59(41-66(64)87(68)70)76(11,12)43-74(57,7)8)19-21-47-33-48(35-51(34-47)54-18-16-15-17-53(54)49-25-27-50(28-26-49)61-38-52(31-32-82-61)91-92(89,90)78(79,80)81)22-20-46-24-30-56-63(37-46)86-71(73(4,5)6)88-67-42-60-58(40-65(67)84-69(56)88)75(9,10)44-77(60,13)14/h15-18,23-42H,19-22,43-44H2,1-14H3. The minimum absolute atomic E-state index is 0.0420. The summed E-state index contributed by atoms with van der Waals surface area (Å²) in [6, 6.07) is 48.0. The third-order valence-electron chi connectivity index (χ3n) is 19.5. The summed E-state index contributed by atoms with van der Waals surface area (Å²) >= 11 is 0. The van der Waals surface area contributed by atoms with E-state index in [-0.39, 0.29) is 38.2 Å². The minimum Gasteiger partial charge on any atom is -0.376 e. The van der Waals surface area contributed by atoms with Crippen molar-refractivity contribution in [2.24, 2.45) is 0 Å². The summed E-state index contributed by atoms with van der Waals surface area (Å²) in [5, 5.41) is 2.05. The molecule has 0 saturated heterocycles. The Labute approximate surface area is 536 Å². The van der Waals surface area contributed by atoms with E-state index < -0.39 is 21.4 Å². The molecule has 0 unspecified atom stereocenters. The maximum Gasteiger partial charge on any atom is 0.534 e. The van der Waals surface area contributed by atoms with E-state index >= 15 is 0 Å². The fourth-order valence-corrected chi connectivity index (χ4v) is 16.1. The molecule has 92 heavy (non-hydrogen) atoms. The van der Waals surface area contributed by atoms with E-state index in [2.05, 4.69) is 206 Å². The molecule has 0 spiro atoms. The van der Waals surface area contributed by atoms with Gasteiger partial charge >= 0.3 is 15.6 Å². The normalized spacial score (nSPS) is 16.2. The quantitative estimate of drug-likeness (QED) is 0.0929. The van der Waals surface area contributed by atoms with Crippen LogP contribution in [0.3, 0.4) is 0 Å². The van der Waals surface area contributed by atoms with E-state index in [0.29, 0.717) is 5.56 Å². The van der Waals surface area contributed by atoms with Crippen LogP contribution in [0.2, 0.25) is 0 Å². The summed E-state index contributed by atoms with van der Waals surface area (Å²) in [6.45, 7) is 32.3. The molecule has 5 aromatic heterocycles. The fourth-order valence-electron chi connectivity index (χ4n) is 15.6. The van der Waals surface area contributed by atoms with Crippen molar-refractivity contribution in [2.45, 2.75) is 173 Å². The summed E-state index contributed by atoms with van der Waals surface area (Å²) < 4.78 is 72.5. The Balaban J connectivity index is 0.822. The lowest BCUT2D eigenvalue weighted by molar-refractivity contribution is -0.0500. The summed E-state index contributed by atoms with van der Waals surface area (Å²) in [4.78, 5) is 26.2. The second-order valence-corrected chi connectivity index (χ2v) is 32.3. The summed E-state index contributed by atoms with van der Waals surface area (Å²) in [6.07, 6.45) is 6.48. The van der Waals surface area contributed by atoms with Gasteiger partial charge in [-0.3, -0.25) is 13.8 Å². The van der Waals surface area contributed by atoms with Crippen molar-refractivity contribution in [3.8, 4) is 39.3 Å². The molecule has 2 aliphatic rings. The van der Waals surface area contributed by atoms with Crippen LogP contribution < -0.4 is 4.18 Å². The van der Waals surface area contributed by atoms with Gasteiger partial charge in [0.25, 0.3) is 0 Å². The van der Waals surface area contributed by atoms with Crippen LogP contribution >= 0.6 is 0 Å². The number of benzene rings is 7. The molecule has 470 valence electrons. The maximum absolute atomic E-state index is 13.2. The van der Waals surface area contributed by atoms with E-state index in [1.807, 2.05) is 36.4 Å².